The van der Waals surface area contributed by atoms with Crippen molar-refractivity contribution in [2.75, 3.05) is 23.8 Å². The van der Waals surface area contributed by atoms with E-state index in [9.17, 15) is 16.8 Å². The van der Waals surface area contributed by atoms with Crippen molar-refractivity contribution in [3.8, 4) is 0 Å². The van der Waals surface area contributed by atoms with Crippen molar-refractivity contribution in [1.29, 1.82) is 0 Å². The molecule has 0 aromatic carbocycles. The second kappa shape index (κ2) is 6.76. The lowest BCUT2D eigenvalue weighted by molar-refractivity contribution is 0.405. The van der Waals surface area contributed by atoms with Gasteiger partial charge in [-0.2, -0.15) is 16.1 Å². The van der Waals surface area contributed by atoms with Gasteiger partial charge in [0.25, 0.3) is 10.0 Å². The van der Waals surface area contributed by atoms with Gasteiger partial charge in [0.05, 0.1) is 5.88 Å². The molecule has 1 saturated heterocycles. The third kappa shape index (κ3) is 3.59. The number of sulfonamides is 1. The van der Waals surface area contributed by atoms with Gasteiger partial charge in [-0.05, 0) is 12.1 Å². The molecular formula is C11H16ClNO4S4. The third-order valence-electron chi connectivity index (χ3n) is 3.19. The van der Waals surface area contributed by atoms with Crippen LogP contribution in [0, 0.1) is 0 Å². The van der Waals surface area contributed by atoms with Crippen LogP contribution in [-0.4, -0.2) is 50.3 Å². The van der Waals surface area contributed by atoms with Crippen LogP contribution in [0.4, 0.5) is 0 Å². The van der Waals surface area contributed by atoms with Gasteiger partial charge in [-0.25, -0.2) is 16.8 Å². The molecule has 2 rings (SSSR count). The molecule has 2 heterocycles. The number of hydrogen-bond acceptors (Lipinski definition) is 6. The molecule has 0 saturated carbocycles. The highest BCUT2D eigenvalue weighted by molar-refractivity contribution is 8.01. The Morgan fingerprint density at radius 3 is 2.62 bits per heavy atom. The molecule has 0 spiro atoms. The number of rotatable bonds is 5. The Morgan fingerprint density at radius 1 is 1.33 bits per heavy atom. The van der Waals surface area contributed by atoms with Gasteiger partial charge in [0.15, 0.2) is 9.84 Å². The minimum absolute atomic E-state index is 0.0678. The molecule has 0 aliphatic carbocycles. The number of thiophene rings is 1. The molecule has 5 nitrogen and oxygen atoms in total. The van der Waals surface area contributed by atoms with E-state index in [0.717, 1.165) is 20.5 Å². The fourth-order valence-corrected chi connectivity index (χ4v) is 8.84. The summed E-state index contributed by atoms with van der Waals surface area (Å²) in [5, 5.41) is -0.979. The molecular weight excluding hydrogens is 374 g/mol. The molecule has 10 heteroatoms. The first kappa shape index (κ1) is 17.6. The van der Waals surface area contributed by atoms with Crippen LogP contribution in [0.2, 0.25) is 0 Å². The van der Waals surface area contributed by atoms with E-state index in [2.05, 4.69) is 0 Å². The topological polar surface area (TPSA) is 71.5 Å². The normalized spacial score (nSPS) is 21.5. The predicted molar refractivity (Wildman–Crippen MR) is 88.3 cm³/mol. The van der Waals surface area contributed by atoms with Gasteiger partial charge in [-0.1, -0.05) is 6.92 Å². The summed E-state index contributed by atoms with van der Waals surface area (Å²) in [6.45, 7) is 1.75. The highest BCUT2D eigenvalue weighted by Crippen LogP contribution is 2.31. The summed E-state index contributed by atoms with van der Waals surface area (Å²) < 4.78 is 51.0. The van der Waals surface area contributed by atoms with Gasteiger partial charge in [0, 0.05) is 28.7 Å². The molecule has 1 unspecified atom stereocenters. The second-order valence-corrected chi connectivity index (χ2v) is 11.6. The number of hydrogen-bond donors (Lipinski definition) is 0. The third-order valence-corrected chi connectivity index (χ3v) is 10.5. The van der Waals surface area contributed by atoms with E-state index in [-0.39, 0.29) is 28.1 Å². The molecule has 1 aromatic rings. The van der Waals surface area contributed by atoms with Gasteiger partial charge in [-0.15, -0.1) is 22.9 Å². The Labute approximate surface area is 138 Å². The van der Waals surface area contributed by atoms with Crippen molar-refractivity contribution < 1.29 is 16.8 Å². The van der Waals surface area contributed by atoms with Crippen LogP contribution in [0.1, 0.15) is 11.8 Å². The summed E-state index contributed by atoms with van der Waals surface area (Å²) in [4.78, 5) is 0.747. The minimum atomic E-state index is -3.79. The van der Waals surface area contributed by atoms with E-state index >= 15 is 0 Å². The van der Waals surface area contributed by atoms with Crippen LogP contribution >= 0.6 is 34.7 Å². The molecule has 0 bridgehead atoms. The smallest absolute Gasteiger partial charge is 0.227 e. The largest absolute Gasteiger partial charge is 0.253 e. The fourth-order valence-electron chi connectivity index (χ4n) is 2.00. The maximum atomic E-state index is 12.7. The van der Waals surface area contributed by atoms with Gasteiger partial charge in [0.2, 0.25) is 0 Å². The quantitative estimate of drug-likeness (QED) is 0.720. The first-order chi connectivity index (χ1) is 9.82. The van der Waals surface area contributed by atoms with E-state index in [1.165, 1.54) is 24.8 Å². The molecule has 0 amide bonds. The maximum Gasteiger partial charge on any atom is 0.253 e. The fraction of sp³-hybridized carbons (Fsp3) is 0.636. The standard InChI is InChI=1S/C11H16ClNO4S4/c1-2-20(14,15)10-8-18-6-5-13(10)21(16,17)11-4-3-9(7-12)19-11/h3-4,10H,2,5-8H2,1H3. The first-order valence-corrected chi connectivity index (χ1v) is 11.9. The second-order valence-electron chi connectivity index (χ2n) is 4.45. The lowest BCUT2D eigenvalue weighted by Crippen LogP contribution is -2.50. The van der Waals surface area contributed by atoms with Crippen LogP contribution in [0.3, 0.4) is 0 Å². The zero-order valence-corrected chi connectivity index (χ0v) is 15.4. The van der Waals surface area contributed by atoms with Crippen molar-refractivity contribution in [3.05, 3.63) is 17.0 Å². The van der Waals surface area contributed by atoms with Gasteiger partial charge in [-0.3, -0.25) is 0 Å². The highest BCUT2D eigenvalue weighted by atomic mass is 35.5. The van der Waals surface area contributed by atoms with Gasteiger partial charge < -0.3 is 0 Å². The Balaban J connectivity index is 2.40. The number of thioether (sulfide) groups is 1. The van der Waals surface area contributed by atoms with Crippen LogP contribution in [0.5, 0.6) is 0 Å². The van der Waals surface area contributed by atoms with Crippen molar-refractivity contribution in [2.24, 2.45) is 0 Å². The number of halogens is 1. The summed E-state index contributed by atoms with van der Waals surface area (Å²) in [6.07, 6.45) is 0. The summed E-state index contributed by atoms with van der Waals surface area (Å²) in [7, 11) is -7.25. The van der Waals surface area contributed by atoms with Crippen LogP contribution in [0.15, 0.2) is 16.3 Å². The average molecular weight is 390 g/mol. The van der Waals surface area contributed by atoms with Gasteiger partial charge in [0.1, 0.15) is 9.58 Å². The van der Waals surface area contributed by atoms with Crippen LogP contribution < -0.4 is 0 Å². The maximum absolute atomic E-state index is 12.7. The van der Waals surface area contributed by atoms with Crippen molar-refractivity contribution >= 4 is 54.6 Å². The Bertz CT molecular complexity index is 698. The molecule has 0 N–H and O–H groups in total. The Hall–Kier alpha value is 0.200. The van der Waals surface area contributed by atoms with E-state index in [1.807, 2.05) is 0 Å². The Morgan fingerprint density at radius 2 is 2.05 bits per heavy atom. The number of alkyl halides is 1. The molecule has 1 aliphatic rings. The Kier molecular flexibility index (Phi) is 5.65. The first-order valence-electron chi connectivity index (χ1n) is 6.28. The van der Waals surface area contributed by atoms with Crippen LogP contribution in [0.25, 0.3) is 0 Å². The van der Waals surface area contributed by atoms with E-state index in [1.54, 1.807) is 6.07 Å². The van der Waals surface area contributed by atoms with E-state index < -0.39 is 25.2 Å². The van der Waals surface area contributed by atoms with Crippen LogP contribution in [-0.2, 0) is 25.7 Å². The molecule has 1 aliphatic heterocycles. The van der Waals surface area contributed by atoms with E-state index in [4.69, 9.17) is 11.6 Å². The zero-order chi connectivity index (χ0) is 15.7. The van der Waals surface area contributed by atoms with E-state index in [0.29, 0.717) is 5.75 Å². The lowest BCUT2D eigenvalue weighted by Gasteiger charge is -2.33. The summed E-state index contributed by atoms with van der Waals surface area (Å²) in [6, 6.07) is 3.15. The highest BCUT2D eigenvalue weighted by Gasteiger charge is 2.41. The van der Waals surface area contributed by atoms with Crippen molar-refractivity contribution in [1.82, 2.24) is 4.31 Å². The molecule has 120 valence electrons. The SMILES string of the molecule is CCS(=O)(=O)C1CSCCN1S(=O)(=O)c1ccc(CCl)s1. The average Bonchev–Trinajstić information content (AvgIpc) is 2.97. The monoisotopic (exact) mass is 389 g/mol. The minimum Gasteiger partial charge on any atom is -0.227 e. The number of sulfone groups is 1. The molecule has 1 aromatic heterocycles. The van der Waals surface area contributed by atoms with Gasteiger partial charge >= 0.3 is 0 Å². The summed E-state index contributed by atoms with van der Waals surface area (Å²) in [5.41, 5.74) is 0. The van der Waals surface area contributed by atoms with Crippen molar-refractivity contribution in [3.63, 3.8) is 0 Å². The molecule has 0 radical (unpaired) electrons. The van der Waals surface area contributed by atoms with Crippen molar-refractivity contribution in [2.45, 2.75) is 22.4 Å². The summed E-state index contributed by atoms with van der Waals surface area (Å²) in [5.74, 6) is 1.06. The lowest BCUT2D eigenvalue weighted by atomic mass is 10.5. The molecule has 1 fully saturated rings. The molecule has 1 atom stereocenters. The zero-order valence-electron chi connectivity index (χ0n) is 11.4. The number of nitrogens with zero attached hydrogens (tertiary/aromatic N) is 1. The summed E-state index contributed by atoms with van der Waals surface area (Å²) >= 11 is 8.26. The predicted octanol–water partition coefficient (Wildman–Crippen LogP) is 1.99. The molecule has 21 heavy (non-hydrogen) atoms.